The van der Waals surface area contributed by atoms with Crippen molar-refractivity contribution in [3.05, 3.63) is 41.1 Å². The van der Waals surface area contributed by atoms with E-state index < -0.39 is 11.9 Å². The van der Waals surface area contributed by atoms with Crippen LogP contribution >= 0.6 is 0 Å². The second-order valence-corrected chi connectivity index (χ2v) is 6.60. The predicted octanol–water partition coefficient (Wildman–Crippen LogP) is 2.49. The monoisotopic (exact) mass is 327 g/mol. The molecular weight excluding hydrogens is 306 g/mol. The van der Waals surface area contributed by atoms with Crippen molar-refractivity contribution >= 4 is 11.9 Å². The highest BCUT2D eigenvalue weighted by Crippen LogP contribution is 2.26. The molecule has 2 atom stereocenters. The first kappa shape index (κ1) is 16.2. The molecule has 2 aromatic rings. The summed E-state index contributed by atoms with van der Waals surface area (Å²) in [5.41, 5.74) is 4.42. The van der Waals surface area contributed by atoms with Crippen molar-refractivity contribution in [2.45, 2.75) is 20.8 Å². The van der Waals surface area contributed by atoms with Crippen molar-refractivity contribution in [2.75, 3.05) is 13.1 Å². The third-order valence-electron chi connectivity index (χ3n) is 4.83. The third-order valence-corrected chi connectivity index (χ3v) is 4.83. The van der Waals surface area contributed by atoms with Gasteiger partial charge in [-0.05, 0) is 43.0 Å². The Balaban J connectivity index is 1.79. The van der Waals surface area contributed by atoms with Crippen LogP contribution in [0, 0.1) is 25.7 Å². The topological polar surface area (TPSA) is 86.3 Å². The molecule has 1 saturated heterocycles. The summed E-state index contributed by atoms with van der Waals surface area (Å²) in [5, 5.41) is 16.2. The van der Waals surface area contributed by atoms with E-state index in [1.165, 1.54) is 11.1 Å². The average molecular weight is 327 g/mol. The molecule has 2 heterocycles. The highest BCUT2D eigenvalue weighted by Gasteiger charge is 2.37. The number of aromatic nitrogens is 2. The predicted molar refractivity (Wildman–Crippen MR) is 89.7 cm³/mol. The number of aromatic amines is 1. The maximum absolute atomic E-state index is 12.6. The van der Waals surface area contributed by atoms with Gasteiger partial charge in [0.2, 0.25) is 0 Å². The molecule has 1 amide bonds. The number of nitrogens with one attached hydrogen (secondary N) is 1. The molecule has 126 valence electrons. The molecule has 1 aliphatic heterocycles. The highest BCUT2D eigenvalue weighted by molar-refractivity contribution is 5.94. The number of rotatable bonds is 3. The van der Waals surface area contributed by atoms with Gasteiger partial charge in [-0.3, -0.25) is 14.7 Å². The number of carbonyl (C=O) groups excluding carboxylic acids is 1. The third kappa shape index (κ3) is 2.91. The van der Waals surface area contributed by atoms with Crippen molar-refractivity contribution in [2.24, 2.45) is 11.8 Å². The van der Waals surface area contributed by atoms with Crippen molar-refractivity contribution in [1.82, 2.24) is 15.1 Å². The number of H-pyrrole nitrogens is 1. The average Bonchev–Trinajstić information content (AvgIpc) is 3.16. The number of nitrogens with zero attached hydrogens (tertiary/aromatic N) is 2. The fourth-order valence-corrected chi connectivity index (χ4v) is 3.10. The summed E-state index contributed by atoms with van der Waals surface area (Å²) in [5.74, 6) is -1.60. The fraction of sp³-hybridized carbons (Fsp3) is 0.389. The van der Waals surface area contributed by atoms with E-state index in [0.717, 1.165) is 5.56 Å². The molecule has 1 fully saturated rings. The Morgan fingerprint density at radius 2 is 1.96 bits per heavy atom. The molecule has 0 spiro atoms. The number of amides is 1. The summed E-state index contributed by atoms with van der Waals surface area (Å²) in [6, 6.07) is 7.77. The number of hydrogen-bond donors (Lipinski definition) is 2. The Hall–Kier alpha value is -2.63. The number of likely N-dealkylation sites (tertiary alicyclic amines) is 1. The Morgan fingerprint density at radius 1 is 1.21 bits per heavy atom. The normalized spacial score (nSPS) is 20.4. The Kier molecular flexibility index (Phi) is 4.13. The number of carbonyl (C=O) groups is 2. The Morgan fingerprint density at radius 3 is 2.58 bits per heavy atom. The van der Waals surface area contributed by atoms with Crippen LogP contribution in [0.15, 0.2) is 24.3 Å². The molecule has 3 rings (SSSR count). The minimum atomic E-state index is -0.849. The van der Waals surface area contributed by atoms with Gasteiger partial charge in [0.1, 0.15) is 5.69 Å². The molecular formula is C18H21N3O3. The van der Waals surface area contributed by atoms with E-state index in [1.54, 1.807) is 11.0 Å². The van der Waals surface area contributed by atoms with E-state index in [1.807, 2.05) is 39.0 Å². The first-order chi connectivity index (χ1) is 11.4. The van der Waals surface area contributed by atoms with E-state index in [0.29, 0.717) is 17.9 Å². The van der Waals surface area contributed by atoms with Gasteiger partial charge in [-0.25, -0.2) is 0 Å². The van der Waals surface area contributed by atoms with E-state index in [9.17, 15) is 14.7 Å². The lowest BCUT2D eigenvalue weighted by molar-refractivity contribution is -0.142. The molecule has 1 aliphatic rings. The number of carboxylic acid groups (broad SMARTS) is 1. The summed E-state index contributed by atoms with van der Waals surface area (Å²) in [7, 11) is 0. The SMILES string of the molecule is Cc1ccc(-c2cc(C(=O)N3C[C@@H](C)[C@H](C(=O)O)C3)[nH]n2)cc1C. The lowest BCUT2D eigenvalue weighted by Gasteiger charge is -2.14. The summed E-state index contributed by atoms with van der Waals surface area (Å²) in [4.78, 5) is 25.4. The number of carboxylic acids is 1. The number of benzene rings is 1. The molecule has 6 nitrogen and oxygen atoms in total. The van der Waals surface area contributed by atoms with Gasteiger partial charge in [-0.2, -0.15) is 5.10 Å². The lowest BCUT2D eigenvalue weighted by atomic mass is 9.99. The summed E-state index contributed by atoms with van der Waals surface area (Å²) in [6.45, 7) is 6.64. The number of aliphatic carboxylic acids is 1. The second kappa shape index (κ2) is 6.11. The Labute approximate surface area is 140 Å². The van der Waals surface area contributed by atoms with Gasteiger partial charge < -0.3 is 10.0 Å². The van der Waals surface area contributed by atoms with Gasteiger partial charge in [-0.15, -0.1) is 0 Å². The molecule has 6 heteroatoms. The second-order valence-electron chi connectivity index (χ2n) is 6.60. The number of aryl methyl sites for hydroxylation is 2. The molecule has 0 aliphatic carbocycles. The molecule has 1 aromatic carbocycles. The molecule has 2 N–H and O–H groups in total. The summed E-state index contributed by atoms with van der Waals surface area (Å²) in [6.07, 6.45) is 0. The van der Waals surface area contributed by atoms with Crippen LogP contribution in [0.1, 0.15) is 28.5 Å². The quantitative estimate of drug-likeness (QED) is 0.907. The number of hydrogen-bond acceptors (Lipinski definition) is 3. The van der Waals surface area contributed by atoms with Crippen molar-refractivity contribution < 1.29 is 14.7 Å². The van der Waals surface area contributed by atoms with Gasteiger partial charge in [-0.1, -0.05) is 19.1 Å². The van der Waals surface area contributed by atoms with E-state index in [2.05, 4.69) is 10.2 Å². The van der Waals surface area contributed by atoms with Crippen LogP contribution in [0.3, 0.4) is 0 Å². The van der Waals surface area contributed by atoms with Crippen LogP contribution in [-0.4, -0.2) is 45.2 Å². The van der Waals surface area contributed by atoms with E-state index in [-0.39, 0.29) is 18.4 Å². The van der Waals surface area contributed by atoms with E-state index >= 15 is 0 Å². The van der Waals surface area contributed by atoms with Gasteiger partial charge in [0.15, 0.2) is 0 Å². The standard InChI is InChI=1S/C18H21N3O3/c1-10-4-5-13(6-11(10)2)15-7-16(20-19-15)17(22)21-8-12(3)14(9-21)18(23)24/h4-7,12,14H,8-9H2,1-3H3,(H,19,20)(H,23,24)/t12-,14-/m1/s1. The minimum absolute atomic E-state index is 0.0476. The van der Waals surface area contributed by atoms with Crippen molar-refractivity contribution in [1.29, 1.82) is 0 Å². The van der Waals surface area contributed by atoms with Crippen LogP contribution in [0.2, 0.25) is 0 Å². The van der Waals surface area contributed by atoms with Crippen LogP contribution in [0.4, 0.5) is 0 Å². The van der Waals surface area contributed by atoms with Crippen LogP contribution in [0.25, 0.3) is 11.3 Å². The summed E-state index contributed by atoms with van der Waals surface area (Å²) >= 11 is 0. The van der Waals surface area contributed by atoms with Gasteiger partial charge in [0.05, 0.1) is 11.6 Å². The zero-order valence-electron chi connectivity index (χ0n) is 14.0. The van der Waals surface area contributed by atoms with Gasteiger partial charge >= 0.3 is 5.97 Å². The highest BCUT2D eigenvalue weighted by atomic mass is 16.4. The molecule has 0 unspecified atom stereocenters. The van der Waals surface area contributed by atoms with Crippen molar-refractivity contribution in [3.8, 4) is 11.3 Å². The van der Waals surface area contributed by atoms with Crippen molar-refractivity contribution in [3.63, 3.8) is 0 Å². The van der Waals surface area contributed by atoms with Gasteiger partial charge in [0, 0.05) is 18.7 Å². The molecule has 1 aromatic heterocycles. The first-order valence-corrected chi connectivity index (χ1v) is 8.02. The molecule has 0 saturated carbocycles. The lowest BCUT2D eigenvalue weighted by Crippen LogP contribution is -2.30. The maximum atomic E-state index is 12.6. The zero-order chi connectivity index (χ0) is 17.4. The van der Waals surface area contributed by atoms with Crippen LogP contribution in [0.5, 0.6) is 0 Å². The fourth-order valence-electron chi connectivity index (χ4n) is 3.10. The van der Waals surface area contributed by atoms with Gasteiger partial charge in [0.25, 0.3) is 5.91 Å². The van der Waals surface area contributed by atoms with Crippen LogP contribution in [-0.2, 0) is 4.79 Å². The molecule has 0 radical (unpaired) electrons. The minimum Gasteiger partial charge on any atom is -0.481 e. The largest absolute Gasteiger partial charge is 0.481 e. The smallest absolute Gasteiger partial charge is 0.308 e. The maximum Gasteiger partial charge on any atom is 0.308 e. The first-order valence-electron chi connectivity index (χ1n) is 8.02. The Bertz CT molecular complexity index is 797. The zero-order valence-corrected chi connectivity index (χ0v) is 14.0. The molecule has 24 heavy (non-hydrogen) atoms. The van der Waals surface area contributed by atoms with Crippen LogP contribution < -0.4 is 0 Å². The summed E-state index contributed by atoms with van der Waals surface area (Å²) < 4.78 is 0. The molecule has 0 bridgehead atoms. The van der Waals surface area contributed by atoms with E-state index in [4.69, 9.17) is 0 Å².